The van der Waals surface area contributed by atoms with Crippen molar-refractivity contribution in [2.45, 2.75) is 6.04 Å². The number of fused-ring (bicyclic) bond motifs is 1. The zero-order valence-electron chi connectivity index (χ0n) is 8.37. The van der Waals surface area contributed by atoms with Gasteiger partial charge in [-0.3, -0.25) is 0 Å². The molecule has 0 bridgehead atoms. The summed E-state index contributed by atoms with van der Waals surface area (Å²) in [6.45, 7) is 0.404. The lowest BCUT2D eigenvalue weighted by Gasteiger charge is -2.24. The van der Waals surface area contributed by atoms with Gasteiger partial charge in [0.15, 0.2) is 11.5 Å². The number of rotatable bonds is 2. The second-order valence-electron chi connectivity index (χ2n) is 3.40. The van der Waals surface area contributed by atoms with Gasteiger partial charge in [-0.05, 0) is 15.9 Å². The number of hydrogen-bond donors (Lipinski definition) is 2. The number of nitrogens with two attached hydrogens (primary N) is 1. The summed E-state index contributed by atoms with van der Waals surface area (Å²) in [6, 6.07) is 0.671. The number of ether oxygens (including phenoxy) is 2. The van der Waals surface area contributed by atoms with E-state index >= 15 is 0 Å². The summed E-state index contributed by atoms with van der Waals surface area (Å²) in [5.41, 5.74) is 5.79. The average Bonchev–Trinajstić information content (AvgIpc) is 2.30. The molecule has 0 aromatic heterocycles. The van der Waals surface area contributed by atoms with Crippen LogP contribution in [0.15, 0.2) is 10.5 Å². The van der Waals surface area contributed by atoms with E-state index in [0.29, 0.717) is 19.0 Å². The zero-order chi connectivity index (χ0) is 11.7. The fourth-order valence-electron chi connectivity index (χ4n) is 1.58. The lowest BCUT2D eigenvalue weighted by atomic mass is 10.1. The van der Waals surface area contributed by atoms with Crippen LogP contribution in [0.2, 0.25) is 0 Å². The lowest BCUT2D eigenvalue weighted by molar-refractivity contribution is 0.165. The maximum absolute atomic E-state index is 13.9. The van der Waals surface area contributed by atoms with Crippen molar-refractivity contribution in [2.24, 2.45) is 5.73 Å². The Morgan fingerprint density at radius 1 is 1.50 bits per heavy atom. The minimum Gasteiger partial charge on any atom is -0.486 e. The summed E-state index contributed by atoms with van der Waals surface area (Å²) in [5.74, 6) is 0.206. The van der Waals surface area contributed by atoms with Crippen LogP contribution in [-0.4, -0.2) is 24.9 Å². The van der Waals surface area contributed by atoms with Crippen LogP contribution in [0.1, 0.15) is 11.6 Å². The summed E-state index contributed by atoms with van der Waals surface area (Å²) < 4.78 is 24.8. The fraction of sp³-hybridized carbons (Fsp3) is 0.400. The third-order valence-corrected chi connectivity index (χ3v) is 2.90. The number of benzene rings is 1. The minimum atomic E-state index is -0.826. The molecule has 0 aliphatic carbocycles. The standard InChI is InChI=1S/C10H11BrFNO3/c11-5-3-7-10(16-2-1-15-7)8(9(5)12)6(13)4-14/h3,6,14H,1-2,4,13H2. The molecule has 0 radical (unpaired) electrons. The summed E-state index contributed by atoms with van der Waals surface area (Å²) in [6.07, 6.45) is 0. The van der Waals surface area contributed by atoms with Crippen LogP contribution in [0, 0.1) is 5.82 Å². The van der Waals surface area contributed by atoms with Gasteiger partial charge in [-0.25, -0.2) is 4.39 Å². The topological polar surface area (TPSA) is 64.7 Å². The Hall–Kier alpha value is -0.850. The second-order valence-corrected chi connectivity index (χ2v) is 4.25. The summed E-state index contributed by atoms with van der Waals surface area (Å²) >= 11 is 3.07. The van der Waals surface area contributed by atoms with E-state index in [9.17, 15) is 4.39 Å². The molecular formula is C10H11BrFNO3. The maximum atomic E-state index is 13.9. The van der Waals surface area contributed by atoms with Crippen molar-refractivity contribution < 1.29 is 19.0 Å². The average molecular weight is 292 g/mol. The van der Waals surface area contributed by atoms with Crippen LogP contribution in [0.25, 0.3) is 0 Å². The van der Waals surface area contributed by atoms with Crippen molar-refractivity contribution in [1.82, 2.24) is 0 Å². The maximum Gasteiger partial charge on any atom is 0.169 e. The Morgan fingerprint density at radius 2 is 2.19 bits per heavy atom. The largest absolute Gasteiger partial charge is 0.486 e. The third kappa shape index (κ3) is 1.88. The summed E-state index contributed by atoms with van der Waals surface area (Å²) in [5, 5.41) is 9.00. The van der Waals surface area contributed by atoms with E-state index in [-0.39, 0.29) is 22.4 Å². The molecule has 0 saturated carbocycles. The Kier molecular flexibility index (Phi) is 3.32. The molecule has 6 heteroatoms. The van der Waals surface area contributed by atoms with Gasteiger partial charge in [0.25, 0.3) is 0 Å². The molecule has 0 saturated heterocycles. The highest BCUT2D eigenvalue weighted by Crippen LogP contribution is 2.41. The molecule has 0 amide bonds. The molecule has 4 nitrogen and oxygen atoms in total. The molecule has 0 fully saturated rings. The highest BCUT2D eigenvalue weighted by atomic mass is 79.9. The van der Waals surface area contributed by atoms with Crippen LogP contribution >= 0.6 is 15.9 Å². The first kappa shape index (κ1) is 11.6. The monoisotopic (exact) mass is 291 g/mol. The van der Waals surface area contributed by atoms with E-state index in [1.807, 2.05) is 0 Å². The molecule has 0 spiro atoms. The number of aliphatic hydroxyl groups excluding tert-OH is 1. The molecule has 1 aliphatic heterocycles. The first-order valence-corrected chi connectivity index (χ1v) is 5.58. The van der Waals surface area contributed by atoms with Crippen LogP contribution in [0.4, 0.5) is 4.39 Å². The quantitative estimate of drug-likeness (QED) is 0.863. The summed E-state index contributed by atoms with van der Waals surface area (Å²) in [7, 11) is 0. The Balaban J connectivity index is 2.59. The molecule has 3 N–H and O–H groups in total. The third-order valence-electron chi connectivity index (χ3n) is 2.33. The molecule has 16 heavy (non-hydrogen) atoms. The zero-order valence-corrected chi connectivity index (χ0v) is 9.96. The van der Waals surface area contributed by atoms with Gasteiger partial charge in [0.1, 0.15) is 19.0 Å². The van der Waals surface area contributed by atoms with E-state index < -0.39 is 11.9 Å². The van der Waals surface area contributed by atoms with Crippen LogP contribution < -0.4 is 15.2 Å². The predicted molar refractivity (Wildman–Crippen MR) is 59.1 cm³/mol. The highest BCUT2D eigenvalue weighted by Gasteiger charge is 2.25. The van der Waals surface area contributed by atoms with Gasteiger partial charge in [-0.2, -0.15) is 0 Å². The van der Waals surface area contributed by atoms with Crippen LogP contribution in [0.5, 0.6) is 11.5 Å². The second kappa shape index (κ2) is 4.57. The summed E-state index contributed by atoms with van der Waals surface area (Å²) in [4.78, 5) is 0. The van der Waals surface area contributed by atoms with Gasteiger partial charge in [0, 0.05) is 6.07 Å². The van der Waals surface area contributed by atoms with Crippen molar-refractivity contribution in [3.05, 3.63) is 21.9 Å². The predicted octanol–water partition coefficient (Wildman–Crippen LogP) is 1.35. The number of hydrogen-bond acceptors (Lipinski definition) is 4. The van der Waals surface area contributed by atoms with Gasteiger partial charge in [-0.1, -0.05) is 0 Å². The van der Waals surface area contributed by atoms with Crippen LogP contribution in [0.3, 0.4) is 0 Å². The van der Waals surface area contributed by atoms with E-state index in [2.05, 4.69) is 15.9 Å². The molecular weight excluding hydrogens is 281 g/mol. The molecule has 1 aromatic rings. The van der Waals surface area contributed by atoms with E-state index in [1.54, 1.807) is 0 Å². The molecule has 1 aliphatic rings. The van der Waals surface area contributed by atoms with Gasteiger partial charge < -0.3 is 20.3 Å². The van der Waals surface area contributed by atoms with Gasteiger partial charge in [-0.15, -0.1) is 0 Å². The Bertz CT molecular complexity index is 414. The Labute approximate surface area is 100 Å². The number of aliphatic hydroxyl groups is 1. The Morgan fingerprint density at radius 3 is 2.88 bits per heavy atom. The molecule has 1 aromatic carbocycles. The molecule has 1 unspecified atom stereocenters. The van der Waals surface area contributed by atoms with Gasteiger partial charge >= 0.3 is 0 Å². The van der Waals surface area contributed by atoms with Crippen molar-refractivity contribution >= 4 is 15.9 Å². The number of halogens is 2. The normalized spacial score (nSPS) is 16.0. The first-order chi connectivity index (χ1) is 7.65. The smallest absolute Gasteiger partial charge is 0.169 e. The van der Waals surface area contributed by atoms with Gasteiger partial charge in [0.05, 0.1) is 22.7 Å². The SMILES string of the molecule is NC(CO)c1c(F)c(Br)cc2c1OCCO2. The molecule has 1 atom stereocenters. The van der Waals surface area contributed by atoms with Crippen molar-refractivity contribution in [2.75, 3.05) is 19.8 Å². The molecule has 2 rings (SSSR count). The highest BCUT2D eigenvalue weighted by molar-refractivity contribution is 9.10. The van der Waals surface area contributed by atoms with Crippen molar-refractivity contribution in [1.29, 1.82) is 0 Å². The van der Waals surface area contributed by atoms with E-state index in [1.165, 1.54) is 6.07 Å². The van der Waals surface area contributed by atoms with Crippen LogP contribution in [-0.2, 0) is 0 Å². The van der Waals surface area contributed by atoms with Crippen molar-refractivity contribution in [3.63, 3.8) is 0 Å². The molecule has 1 heterocycles. The first-order valence-electron chi connectivity index (χ1n) is 4.79. The minimum absolute atomic E-state index is 0.145. The van der Waals surface area contributed by atoms with E-state index in [0.717, 1.165) is 0 Å². The van der Waals surface area contributed by atoms with Gasteiger partial charge in [0.2, 0.25) is 0 Å². The fourth-order valence-corrected chi connectivity index (χ4v) is 2.00. The molecule has 88 valence electrons. The lowest BCUT2D eigenvalue weighted by Crippen LogP contribution is -2.22. The van der Waals surface area contributed by atoms with E-state index in [4.69, 9.17) is 20.3 Å². The van der Waals surface area contributed by atoms with Crippen molar-refractivity contribution in [3.8, 4) is 11.5 Å².